The van der Waals surface area contributed by atoms with Gasteiger partial charge in [0.25, 0.3) is 0 Å². The van der Waals surface area contributed by atoms with Gasteiger partial charge in [-0.25, -0.2) is 4.79 Å². The van der Waals surface area contributed by atoms with Crippen LogP contribution in [0, 0.1) is 5.92 Å². The van der Waals surface area contributed by atoms with Gasteiger partial charge in [-0.2, -0.15) is 12.6 Å². The minimum Gasteiger partial charge on any atom is -0.480 e. The third-order valence-corrected chi connectivity index (χ3v) is 5.56. The molecule has 1 unspecified atom stereocenters. The van der Waals surface area contributed by atoms with Crippen LogP contribution in [0.3, 0.4) is 0 Å². The Balaban J connectivity index is 2.75. The molecular weight excluding hydrogens is 342 g/mol. The van der Waals surface area contributed by atoms with Crippen LogP contribution < -0.4 is 5.32 Å². The fraction of sp³-hybridized carbons (Fsp3) is 0.500. The number of hydrogen-bond acceptors (Lipinski definition) is 6. The Morgan fingerprint density at radius 1 is 1.41 bits per heavy atom. The molecule has 1 aromatic heterocycles. The molecule has 0 aliphatic heterocycles. The van der Waals surface area contributed by atoms with Gasteiger partial charge in [0.1, 0.15) is 6.04 Å². The molecule has 0 spiro atoms. The normalized spacial score (nSPS) is 13.6. The van der Waals surface area contributed by atoms with E-state index >= 15 is 0 Å². The van der Waals surface area contributed by atoms with Gasteiger partial charge in [0.2, 0.25) is 11.0 Å². The number of thiol groups is 1. The summed E-state index contributed by atoms with van der Waals surface area (Å²) >= 11 is 6.25. The molecular formula is C14H19NO4S3. The predicted octanol–water partition coefficient (Wildman–Crippen LogP) is 2.54. The van der Waals surface area contributed by atoms with Crippen LogP contribution in [0.15, 0.2) is 17.5 Å². The zero-order valence-electron chi connectivity index (χ0n) is 12.3. The third kappa shape index (κ3) is 5.66. The molecule has 1 heterocycles. The summed E-state index contributed by atoms with van der Waals surface area (Å²) < 4.78 is 0. The summed E-state index contributed by atoms with van der Waals surface area (Å²) in [6, 6.07) is 2.50. The fourth-order valence-electron chi connectivity index (χ4n) is 1.70. The molecule has 22 heavy (non-hydrogen) atoms. The highest BCUT2D eigenvalue weighted by Crippen LogP contribution is 2.26. The lowest BCUT2D eigenvalue weighted by atomic mass is 10.1. The molecule has 0 fully saturated rings. The third-order valence-electron chi connectivity index (χ3n) is 2.85. The zero-order chi connectivity index (χ0) is 16.7. The van der Waals surface area contributed by atoms with Crippen molar-refractivity contribution in [1.29, 1.82) is 0 Å². The molecule has 0 aliphatic rings. The van der Waals surface area contributed by atoms with E-state index in [1.165, 1.54) is 11.3 Å². The van der Waals surface area contributed by atoms with Crippen molar-refractivity contribution in [2.45, 2.75) is 31.6 Å². The number of hydrogen-bond donors (Lipinski definition) is 3. The number of nitrogens with one attached hydrogen (secondary N) is 1. The summed E-state index contributed by atoms with van der Waals surface area (Å²) in [6.07, 6.45) is 0.235. The minimum atomic E-state index is -1.10. The molecule has 0 aliphatic carbocycles. The number of carboxylic acid groups (broad SMARTS) is 1. The van der Waals surface area contributed by atoms with Crippen molar-refractivity contribution in [2.75, 3.05) is 5.75 Å². The van der Waals surface area contributed by atoms with Gasteiger partial charge in [0, 0.05) is 0 Å². The van der Waals surface area contributed by atoms with Crippen LogP contribution in [-0.4, -0.2) is 39.1 Å². The number of amides is 1. The Morgan fingerprint density at radius 2 is 2.09 bits per heavy atom. The van der Waals surface area contributed by atoms with Crippen LogP contribution >= 0.6 is 35.7 Å². The van der Waals surface area contributed by atoms with E-state index in [2.05, 4.69) is 17.9 Å². The summed E-state index contributed by atoms with van der Waals surface area (Å²) in [4.78, 5) is 36.1. The lowest BCUT2D eigenvalue weighted by molar-refractivity contribution is -0.141. The van der Waals surface area contributed by atoms with Crippen LogP contribution in [0.5, 0.6) is 0 Å². The first-order valence-corrected chi connectivity index (χ1v) is 9.14. The van der Waals surface area contributed by atoms with Gasteiger partial charge in [0.15, 0.2) is 0 Å². The molecule has 1 aromatic rings. The average molecular weight is 362 g/mol. The topological polar surface area (TPSA) is 83.5 Å². The summed E-state index contributed by atoms with van der Waals surface area (Å²) in [5, 5.41) is 12.6. The number of thiophene rings is 1. The lowest BCUT2D eigenvalue weighted by Gasteiger charge is -2.21. The highest BCUT2D eigenvalue weighted by atomic mass is 32.2. The smallest absolute Gasteiger partial charge is 0.326 e. The van der Waals surface area contributed by atoms with Gasteiger partial charge in [-0.15, -0.1) is 11.3 Å². The van der Waals surface area contributed by atoms with Gasteiger partial charge in [-0.1, -0.05) is 31.7 Å². The first-order valence-electron chi connectivity index (χ1n) is 6.75. The Bertz CT molecular complexity index is 516. The van der Waals surface area contributed by atoms with Crippen LogP contribution in [0.2, 0.25) is 0 Å². The van der Waals surface area contributed by atoms with E-state index in [1.54, 1.807) is 17.5 Å². The average Bonchev–Trinajstić information content (AvgIpc) is 2.97. The summed E-state index contributed by atoms with van der Waals surface area (Å²) in [5.74, 6) is -1.27. The van der Waals surface area contributed by atoms with Crippen molar-refractivity contribution < 1.29 is 19.5 Å². The van der Waals surface area contributed by atoms with Crippen molar-refractivity contribution >= 4 is 52.7 Å². The maximum absolute atomic E-state index is 12.3. The Labute approximate surface area is 143 Å². The van der Waals surface area contributed by atoms with Crippen LogP contribution in [-0.2, 0) is 9.59 Å². The van der Waals surface area contributed by atoms with Gasteiger partial charge < -0.3 is 10.4 Å². The van der Waals surface area contributed by atoms with E-state index in [1.807, 2.05) is 13.8 Å². The molecule has 1 amide bonds. The molecule has 1 rings (SSSR count). The summed E-state index contributed by atoms with van der Waals surface area (Å²) in [5.41, 5.74) is 0. The van der Waals surface area contributed by atoms with Crippen molar-refractivity contribution in [3.05, 3.63) is 22.4 Å². The predicted molar refractivity (Wildman–Crippen MR) is 92.9 cm³/mol. The quantitative estimate of drug-likeness (QED) is 0.620. The number of aliphatic carboxylic acids is 1. The highest BCUT2D eigenvalue weighted by molar-refractivity contribution is 8.15. The molecule has 5 nitrogen and oxygen atoms in total. The standard InChI is InChI=1S/C14H19NO4S3/c1-8(2)11(22-14(19)10-4-3-7-21-10)12(16)15-9(5-6-20)13(17)18/h3-4,7-9,11,20H,5-6H2,1-2H3,(H,15,16)(H,17,18)/t9-,11?/m0/s1. The molecule has 8 heteroatoms. The van der Waals surface area contributed by atoms with E-state index in [0.29, 0.717) is 10.6 Å². The highest BCUT2D eigenvalue weighted by Gasteiger charge is 2.30. The first kappa shape index (κ1) is 19.1. The summed E-state index contributed by atoms with van der Waals surface area (Å²) in [6.45, 7) is 3.65. The summed E-state index contributed by atoms with van der Waals surface area (Å²) in [7, 11) is 0. The molecule has 0 bridgehead atoms. The van der Waals surface area contributed by atoms with E-state index < -0.39 is 23.2 Å². The Hall–Kier alpha value is -0.990. The number of carboxylic acids is 1. The first-order chi connectivity index (χ1) is 10.4. The second kappa shape index (κ2) is 9.22. The number of carbonyl (C=O) groups excluding carboxylic acids is 2. The van der Waals surface area contributed by atoms with E-state index in [4.69, 9.17) is 5.11 Å². The van der Waals surface area contributed by atoms with Gasteiger partial charge in [-0.05, 0) is 29.5 Å². The monoisotopic (exact) mass is 361 g/mol. The van der Waals surface area contributed by atoms with Crippen molar-refractivity contribution in [1.82, 2.24) is 5.32 Å². The molecule has 2 N–H and O–H groups in total. The van der Waals surface area contributed by atoms with Gasteiger partial charge >= 0.3 is 5.97 Å². The molecule has 0 saturated carbocycles. The largest absolute Gasteiger partial charge is 0.480 e. The molecule has 0 radical (unpaired) electrons. The molecule has 122 valence electrons. The van der Waals surface area contributed by atoms with Gasteiger partial charge in [-0.3, -0.25) is 9.59 Å². The Kier molecular flexibility index (Phi) is 7.98. The number of rotatable bonds is 8. The van der Waals surface area contributed by atoms with Crippen molar-refractivity contribution in [3.63, 3.8) is 0 Å². The van der Waals surface area contributed by atoms with E-state index in [-0.39, 0.29) is 17.5 Å². The minimum absolute atomic E-state index is 0.0978. The van der Waals surface area contributed by atoms with Crippen molar-refractivity contribution in [2.24, 2.45) is 5.92 Å². The number of carbonyl (C=O) groups is 3. The van der Waals surface area contributed by atoms with E-state index in [0.717, 1.165) is 11.8 Å². The van der Waals surface area contributed by atoms with Crippen LogP contribution in [0.4, 0.5) is 0 Å². The van der Waals surface area contributed by atoms with Crippen molar-refractivity contribution in [3.8, 4) is 0 Å². The molecule has 0 aromatic carbocycles. The Morgan fingerprint density at radius 3 is 2.55 bits per heavy atom. The second-order valence-electron chi connectivity index (χ2n) is 4.96. The maximum Gasteiger partial charge on any atom is 0.326 e. The fourth-order valence-corrected chi connectivity index (χ4v) is 3.67. The zero-order valence-corrected chi connectivity index (χ0v) is 14.8. The number of thioether (sulfide) groups is 1. The maximum atomic E-state index is 12.3. The van der Waals surface area contributed by atoms with Crippen LogP contribution in [0.25, 0.3) is 0 Å². The van der Waals surface area contributed by atoms with Crippen LogP contribution in [0.1, 0.15) is 29.9 Å². The van der Waals surface area contributed by atoms with Gasteiger partial charge in [0.05, 0.1) is 10.1 Å². The van der Waals surface area contributed by atoms with E-state index in [9.17, 15) is 14.4 Å². The lowest BCUT2D eigenvalue weighted by Crippen LogP contribution is -2.46. The SMILES string of the molecule is CC(C)C(SC(=O)c1cccs1)C(=O)N[C@@H](CCS)C(=O)O. The second-order valence-corrected chi connectivity index (χ2v) is 7.47. The molecule has 0 saturated heterocycles. The molecule has 2 atom stereocenters.